The Balaban J connectivity index is 1.11. The summed E-state index contributed by atoms with van der Waals surface area (Å²) in [6.07, 6.45) is 1.73. The normalized spacial score (nSPS) is 20.2. The topological polar surface area (TPSA) is 159 Å². The van der Waals surface area contributed by atoms with Crippen molar-refractivity contribution in [2.45, 2.75) is 62.7 Å². The van der Waals surface area contributed by atoms with Gasteiger partial charge in [-0.05, 0) is 85.2 Å². The van der Waals surface area contributed by atoms with E-state index in [1.54, 1.807) is 52.0 Å². The van der Waals surface area contributed by atoms with E-state index in [4.69, 9.17) is 4.74 Å². The summed E-state index contributed by atoms with van der Waals surface area (Å²) in [5.41, 5.74) is 3.89. The van der Waals surface area contributed by atoms with Gasteiger partial charge in [-0.3, -0.25) is 19.1 Å². The van der Waals surface area contributed by atoms with Gasteiger partial charge in [-0.1, -0.05) is 91.0 Å². The zero-order valence-electron chi connectivity index (χ0n) is 33.7. The second-order valence-electron chi connectivity index (χ2n) is 16.2. The molecule has 13 heteroatoms. The summed E-state index contributed by atoms with van der Waals surface area (Å²) in [5.74, 6) is -1.59. The maximum absolute atomic E-state index is 15.3. The van der Waals surface area contributed by atoms with Crippen molar-refractivity contribution in [1.82, 2.24) is 15.0 Å². The molecule has 60 heavy (non-hydrogen) atoms. The molecule has 1 saturated heterocycles. The highest BCUT2D eigenvalue weighted by atomic mass is 28.4. The van der Waals surface area contributed by atoms with Gasteiger partial charge < -0.3 is 30.2 Å². The highest BCUT2D eigenvalue weighted by Crippen LogP contribution is 2.60. The van der Waals surface area contributed by atoms with E-state index in [1.807, 2.05) is 117 Å². The van der Waals surface area contributed by atoms with Gasteiger partial charge in [0, 0.05) is 52.3 Å². The number of benzene rings is 5. The summed E-state index contributed by atoms with van der Waals surface area (Å²) in [6, 6.07) is 40.4. The van der Waals surface area contributed by atoms with Crippen LogP contribution in [0.4, 0.5) is 17.1 Å². The first-order valence-electron chi connectivity index (χ1n) is 20.2. The van der Waals surface area contributed by atoms with E-state index in [2.05, 4.69) is 20.9 Å². The molecule has 1 fully saturated rings. The van der Waals surface area contributed by atoms with Gasteiger partial charge in [0.05, 0.1) is 36.6 Å². The summed E-state index contributed by atoms with van der Waals surface area (Å²) in [7, 11) is -3.01. The largest absolute Gasteiger partial charge is 0.432 e. The molecular weight excluding hydrogens is 773 g/mol. The molecule has 5 aromatic carbocycles. The molecule has 0 aliphatic carbocycles. The number of amides is 3. The van der Waals surface area contributed by atoms with Crippen molar-refractivity contribution in [3.8, 4) is 0 Å². The van der Waals surface area contributed by atoms with Gasteiger partial charge in [0.2, 0.25) is 0 Å². The molecule has 1 unspecified atom stereocenters. The Hall–Kier alpha value is -6.25. The van der Waals surface area contributed by atoms with E-state index in [1.165, 1.54) is 0 Å². The number of hydrogen-bond donors (Lipinski definition) is 4. The Morgan fingerprint density at radius 3 is 2.07 bits per heavy atom. The van der Waals surface area contributed by atoms with Crippen LogP contribution >= 0.6 is 0 Å². The van der Waals surface area contributed by atoms with E-state index in [-0.39, 0.29) is 42.3 Å². The van der Waals surface area contributed by atoms with Gasteiger partial charge in [-0.2, -0.15) is 0 Å². The molecule has 2 aliphatic rings. The molecule has 0 bridgehead atoms. The fourth-order valence-electron chi connectivity index (χ4n) is 8.99. The van der Waals surface area contributed by atoms with Crippen LogP contribution in [0.25, 0.3) is 0 Å². The molecule has 4 N–H and O–H groups in total. The number of aliphatic hydroxyl groups excluding tert-OH is 1. The van der Waals surface area contributed by atoms with Crippen molar-refractivity contribution >= 4 is 43.1 Å². The van der Waals surface area contributed by atoms with Crippen LogP contribution in [-0.4, -0.2) is 63.6 Å². The van der Waals surface area contributed by atoms with E-state index in [0.717, 1.165) is 11.1 Å². The van der Waals surface area contributed by atoms with Gasteiger partial charge >= 0.3 is 0 Å². The second-order valence-corrected chi connectivity index (χ2v) is 20.1. The SMILES string of the molecule is C[C@H]1[C@H]([Si](C)(C)O)[C@@H](CCn2cc(C(CO)c3ccccc3)nn2)O[C@]12C(=O)N(Cc1cccc(NC(=O)c3ccccc3)c1)c1ccc(NC(=O)c3ccccc3)cc12. The van der Waals surface area contributed by atoms with Gasteiger partial charge in [0.1, 0.15) is 0 Å². The number of aryl methyl sites for hydroxylation is 1. The lowest BCUT2D eigenvalue weighted by atomic mass is 9.82. The number of nitrogens with zero attached hydrogens (tertiary/aromatic N) is 4. The Bertz CT molecular complexity index is 2490. The molecule has 3 heterocycles. The minimum Gasteiger partial charge on any atom is -0.432 e. The Kier molecular flexibility index (Phi) is 11.3. The zero-order chi connectivity index (χ0) is 42.0. The van der Waals surface area contributed by atoms with Crippen molar-refractivity contribution in [3.05, 3.63) is 173 Å². The molecule has 306 valence electrons. The molecule has 0 radical (unpaired) electrons. The second kappa shape index (κ2) is 16.8. The molecule has 2 aliphatic heterocycles. The highest BCUT2D eigenvalue weighted by Gasteiger charge is 2.66. The maximum Gasteiger partial charge on any atom is 0.264 e. The molecule has 6 aromatic rings. The number of ether oxygens (including phenoxy) is 1. The van der Waals surface area contributed by atoms with Crippen molar-refractivity contribution in [3.63, 3.8) is 0 Å². The number of carbonyl (C=O) groups excluding carboxylic acids is 3. The lowest BCUT2D eigenvalue weighted by Gasteiger charge is -2.32. The standard InChI is InChI=1S/C47H48N6O6Si/c1-31-43(60(2,3)58)42(24-25-52-29-40(50-51-52)38(30-54)33-15-7-4-8-16-33)59-47(31)39-27-37(49-45(56)35-19-11-6-12-20-35)22-23-41(39)53(46(47)57)28-32-14-13-21-36(26-32)48-44(55)34-17-9-5-10-18-34/h4-23,26-27,29,31,38,42-43,54,58H,24-25,28,30H2,1-3H3,(H,48,55)(H,49,56)/t31-,38?,42+,43-,47+/m0/s1. The van der Waals surface area contributed by atoms with Crippen LogP contribution in [-0.2, 0) is 28.2 Å². The van der Waals surface area contributed by atoms with E-state index in [9.17, 15) is 19.5 Å². The minimum atomic E-state index is -3.01. The quantitative estimate of drug-likeness (QED) is 0.0882. The lowest BCUT2D eigenvalue weighted by molar-refractivity contribution is -0.146. The number of rotatable bonds is 13. The molecule has 3 amide bonds. The van der Waals surface area contributed by atoms with E-state index >= 15 is 4.79 Å². The maximum atomic E-state index is 15.3. The molecular formula is C47H48N6O6Si. The monoisotopic (exact) mass is 820 g/mol. The molecule has 12 nitrogen and oxygen atoms in total. The average Bonchev–Trinajstić information content (AvgIpc) is 3.91. The van der Waals surface area contributed by atoms with Crippen LogP contribution in [0.3, 0.4) is 0 Å². The summed E-state index contributed by atoms with van der Waals surface area (Å²) in [5, 5.41) is 25.0. The number of fused-ring (bicyclic) bond motifs is 2. The zero-order valence-corrected chi connectivity index (χ0v) is 34.7. The molecule has 1 spiro atoms. The predicted molar refractivity (Wildman–Crippen MR) is 232 cm³/mol. The fourth-order valence-corrected chi connectivity index (χ4v) is 11.6. The minimum absolute atomic E-state index is 0.126. The Labute approximate surface area is 350 Å². The number of carbonyl (C=O) groups is 3. The van der Waals surface area contributed by atoms with Gasteiger partial charge in [-0.25, -0.2) is 0 Å². The van der Waals surface area contributed by atoms with Crippen molar-refractivity contribution in [2.75, 3.05) is 22.1 Å². The predicted octanol–water partition coefficient (Wildman–Crippen LogP) is 7.34. The van der Waals surface area contributed by atoms with Crippen LogP contribution in [0.5, 0.6) is 0 Å². The van der Waals surface area contributed by atoms with Crippen molar-refractivity contribution in [2.24, 2.45) is 5.92 Å². The Morgan fingerprint density at radius 1 is 0.833 bits per heavy atom. The van der Waals surface area contributed by atoms with Crippen molar-refractivity contribution in [1.29, 1.82) is 0 Å². The lowest BCUT2D eigenvalue weighted by Crippen LogP contribution is -2.46. The third-order valence-electron chi connectivity index (χ3n) is 11.8. The Morgan fingerprint density at radius 2 is 1.45 bits per heavy atom. The fraction of sp³-hybridized carbons (Fsp3) is 0.255. The van der Waals surface area contributed by atoms with Crippen LogP contribution < -0.4 is 15.5 Å². The number of aliphatic hydroxyl groups is 1. The van der Waals surface area contributed by atoms with Crippen molar-refractivity contribution < 1.29 is 29.0 Å². The first-order valence-corrected chi connectivity index (χ1v) is 23.2. The van der Waals surface area contributed by atoms with E-state index in [0.29, 0.717) is 52.4 Å². The molecule has 0 saturated carbocycles. The third-order valence-corrected chi connectivity index (χ3v) is 14.3. The summed E-state index contributed by atoms with van der Waals surface area (Å²) in [4.78, 5) is 55.3. The summed E-state index contributed by atoms with van der Waals surface area (Å²) < 4.78 is 8.84. The first kappa shape index (κ1) is 40.5. The van der Waals surface area contributed by atoms with Crippen LogP contribution in [0, 0.1) is 5.92 Å². The highest BCUT2D eigenvalue weighted by molar-refractivity contribution is 6.71. The number of aromatic nitrogens is 3. The molecule has 5 atom stereocenters. The smallest absolute Gasteiger partial charge is 0.264 e. The van der Waals surface area contributed by atoms with Gasteiger partial charge in [-0.15, -0.1) is 5.10 Å². The molecule has 8 rings (SSSR count). The van der Waals surface area contributed by atoms with E-state index < -0.39 is 25.9 Å². The van der Waals surface area contributed by atoms with Gasteiger partial charge in [0.15, 0.2) is 13.9 Å². The summed E-state index contributed by atoms with van der Waals surface area (Å²) >= 11 is 0. The number of anilines is 3. The number of nitrogens with one attached hydrogen (secondary N) is 2. The average molecular weight is 821 g/mol. The summed E-state index contributed by atoms with van der Waals surface area (Å²) in [6.45, 7) is 6.19. The van der Waals surface area contributed by atoms with Crippen LogP contribution in [0.1, 0.15) is 62.4 Å². The van der Waals surface area contributed by atoms with Gasteiger partial charge in [0.25, 0.3) is 17.7 Å². The van der Waals surface area contributed by atoms with Crippen LogP contribution in [0.2, 0.25) is 18.6 Å². The van der Waals surface area contributed by atoms with Crippen LogP contribution in [0.15, 0.2) is 140 Å². The number of hydrogen-bond acceptors (Lipinski definition) is 8. The molecule has 1 aromatic heterocycles. The first-order chi connectivity index (χ1) is 29.0. The third kappa shape index (κ3) is 7.92.